The molecule has 7 heteroatoms. The fourth-order valence-corrected chi connectivity index (χ4v) is 2.06. The summed E-state index contributed by atoms with van der Waals surface area (Å²) in [5.74, 6) is 0.613. The van der Waals surface area contributed by atoms with Crippen molar-refractivity contribution < 1.29 is 4.79 Å². The Labute approximate surface area is 127 Å². The highest BCUT2D eigenvalue weighted by atomic mass is 35.5. The maximum atomic E-state index is 11.6. The minimum atomic E-state index is -0.0971. The van der Waals surface area contributed by atoms with Crippen molar-refractivity contribution in [1.82, 2.24) is 15.3 Å². The largest absolute Gasteiger partial charge is 0.370 e. The lowest BCUT2D eigenvalue weighted by Crippen LogP contribution is -2.18. The topological polar surface area (TPSA) is 92.9 Å². The molecule has 4 N–H and O–H groups in total. The number of nitrogen functional groups attached to an aromatic ring is 1. The summed E-state index contributed by atoms with van der Waals surface area (Å²) in [5.41, 5.74) is 7.22. The number of hydrogen-bond donors (Lipinski definition) is 3. The van der Waals surface area contributed by atoms with E-state index in [-0.39, 0.29) is 11.9 Å². The zero-order chi connectivity index (χ0) is 15.2. The van der Waals surface area contributed by atoms with Gasteiger partial charge in [0, 0.05) is 25.2 Å². The van der Waals surface area contributed by atoms with E-state index in [4.69, 9.17) is 17.3 Å². The molecule has 0 unspecified atom stereocenters. The number of rotatable bonds is 5. The fourth-order valence-electron chi connectivity index (χ4n) is 1.87. The summed E-state index contributed by atoms with van der Waals surface area (Å²) in [5, 5.41) is 6.02. The molecular formula is C14H16ClN5O. The SMILES string of the molecule is CNC(=O)c1cccc(CCNc2cc(Cl)nc(N)n2)c1. The van der Waals surface area contributed by atoms with Gasteiger partial charge in [-0.2, -0.15) is 4.98 Å². The molecule has 0 bridgehead atoms. The molecule has 2 aromatic rings. The minimum Gasteiger partial charge on any atom is -0.370 e. The number of hydrogen-bond acceptors (Lipinski definition) is 5. The normalized spacial score (nSPS) is 10.2. The predicted molar refractivity (Wildman–Crippen MR) is 83.5 cm³/mol. The van der Waals surface area contributed by atoms with Crippen LogP contribution in [0.4, 0.5) is 11.8 Å². The molecule has 0 atom stereocenters. The van der Waals surface area contributed by atoms with Gasteiger partial charge < -0.3 is 16.4 Å². The standard InChI is InChI=1S/C14H16ClN5O/c1-17-13(21)10-4-2-3-9(7-10)5-6-18-12-8-11(15)19-14(16)20-12/h2-4,7-8H,5-6H2,1H3,(H,17,21)(H3,16,18,19,20). The lowest BCUT2D eigenvalue weighted by atomic mass is 10.1. The van der Waals surface area contributed by atoms with Gasteiger partial charge in [-0.15, -0.1) is 0 Å². The summed E-state index contributed by atoms with van der Waals surface area (Å²) in [6.45, 7) is 0.643. The second kappa shape index (κ2) is 6.90. The molecule has 0 radical (unpaired) electrons. The van der Waals surface area contributed by atoms with Crippen LogP contribution in [0.15, 0.2) is 30.3 Å². The van der Waals surface area contributed by atoms with Crippen molar-refractivity contribution in [2.24, 2.45) is 0 Å². The van der Waals surface area contributed by atoms with E-state index in [0.29, 0.717) is 23.1 Å². The minimum absolute atomic E-state index is 0.0971. The van der Waals surface area contributed by atoms with Crippen molar-refractivity contribution in [3.63, 3.8) is 0 Å². The average molecular weight is 306 g/mol. The predicted octanol–water partition coefficient (Wildman–Crippen LogP) is 1.73. The first-order valence-electron chi connectivity index (χ1n) is 6.43. The Morgan fingerprint density at radius 3 is 2.86 bits per heavy atom. The summed E-state index contributed by atoms with van der Waals surface area (Å²) in [4.78, 5) is 19.4. The van der Waals surface area contributed by atoms with Gasteiger partial charge >= 0.3 is 0 Å². The molecule has 1 heterocycles. The number of nitrogens with one attached hydrogen (secondary N) is 2. The fraction of sp³-hybridized carbons (Fsp3) is 0.214. The van der Waals surface area contributed by atoms with Crippen LogP contribution in [0.1, 0.15) is 15.9 Å². The van der Waals surface area contributed by atoms with Crippen LogP contribution < -0.4 is 16.4 Å². The lowest BCUT2D eigenvalue weighted by molar-refractivity contribution is 0.0963. The summed E-state index contributed by atoms with van der Waals surface area (Å²) in [6.07, 6.45) is 0.742. The molecular weight excluding hydrogens is 290 g/mol. The number of anilines is 2. The third-order valence-corrected chi connectivity index (χ3v) is 3.04. The second-order valence-electron chi connectivity index (χ2n) is 4.39. The summed E-state index contributed by atoms with van der Waals surface area (Å²) >= 11 is 5.80. The van der Waals surface area contributed by atoms with Crippen molar-refractivity contribution >= 4 is 29.3 Å². The first-order valence-corrected chi connectivity index (χ1v) is 6.81. The molecule has 0 saturated carbocycles. The number of benzene rings is 1. The molecule has 0 aliphatic carbocycles. The Bertz CT molecular complexity index is 627. The van der Waals surface area contributed by atoms with Crippen LogP contribution in [0.5, 0.6) is 0 Å². The van der Waals surface area contributed by atoms with E-state index in [1.54, 1.807) is 19.2 Å². The number of halogens is 1. The smallest absolute Gasteiger partial charge is 0.251 e. The van der Waals surface area contributed by atoms with Crippen LogP contribution in [0.2, 0.25) is 5.15 Å². The highest BCUT2D eigenvalue weighted by molar-refractivity contribution is 6.29. The van der Waals surface area contributed by atoms with Gasteiger partial charge in [0.05, 0.1) is 0 Å². The van der Waals surface area contributed by atoms with Crippen LogP contribution in [-0.4, -0.2) is 29.5 Å². The monoisotopic (exact) mass is 305 g/mol. The van der Waals surface area contributed by atoms with Crippen molar-refractivity contribution in [3.8, 4) is 0 Å². The second-order valence-corrected chi connectivity index (χ2v) is 4.78. The molecule has 0 saturated heterocycles. The van der Waals surface area contributed by atoms with Crippen LogP contribution in [0.25, 0.3) is 0 Å². The third kappa shape index (κ3) is 4.32. The molecule has 6 nitrogen and oxygen atoms in total. The maximum absolute atomic E-state index is 11.6. The van der Waals surface area contributed by atoms with Crippen LogP contribution in [0, 0.1) is 0 Å². The van der Waals surface area contributed by atoms with Crippen LogP contribution in [-0.2, 0) is 6.42 Å². The van der Waals surface area contributed by atoms with Gasteiger partial charge in [-0.3, -0.25) is 4.79 Å². The van der Waals surface area contributed by atoms with Gasteiger partial charge in [0.25, 0.3) is 5.91 Å². The first kappa shape index (κ1) is 15.1. The summed E-state index contributed by atoms with van der Waals surface area (Å²) < 4.78 is 0. The number of aromatic nitrogens is 2. The van der Waals surface area contributed by atoms with E-state index < -0.39 is 0 Å². The highest BCUT2D eigenvalue weighted by Gasteiger charge is 2.04. The Morgan fingerprint density at radius 1 is 1.33 bits per heavy atom. The van der Waals surface area contributed by atoms with E-state index >= 15 is 0 Å². The Kier molecular flexibility index (Phi) is 4.94. The lowest BCUT2D eigenvalue weighted by Gasteiger charge is -2.07. The molecule has 0 spiro atoms. The number of carbonyl (C=O) groups is 1. The number of carbonyl (C=O) groups excluding carboxylic acids is 1. The average Bonchev–Trinajstić information content (AvgIpc) is 2.46. The van der Waals surface area contributed by atoms with Gasteiger partial charge in [-0.1, -0.05) is 23.7 Å². The molecule has 1 aromatic heterocycles. The van der Waals surface area contributed by atoms with Crippen molar-refractivity contribution in [2.75, 3.05) is 24.6 Å². The van der Waals surface area contributed by atoms with Gasteiger partial charge in [0.1, 0.15) is 11.0 Å². The molecule has 0 aliphatic heterocycles. The number of amides is 1. The van der Waals surface area contributed by atoms with E-state index in [1.807, 2.05) is 18.2 Å². The van der Waals surface area contributed by atoms with Crippen molar-refractivity contribution in [2.45, 2.75) is 6.42 Å². The quantitative estimate of drug-likeness (QED) is 0.732. The molecule has 1 aromatic carbocycles. The molecule has 110 valence electrons. The maximum Gasteiger partial charge on any atom is 0.251 e. The number of nitrogens with two attached hydrogens (primary N) is 1. The van der Waals surface area contributed by atoms with E-state index in [9.17, 15) is 4.79 Å². The molecule has 2 rings (SSSR count). The van der Waals surface area contributed by atoms with E-state index in [2.05, 4.69) is 20.6 Å². The Morgan fingerprint density at radius 2 is 2.14 bits per heavy atom. The van der Waals surface area contributed by atoms with E-state index in [1.165, 1.54) is 0 Å². The number of nitrogens with zero attached hydrogens (tertiary/aromatic N) is 2. The highest BCUT2D eigenvalue weighted by Crippen LogP contribution is 2.13. The Hall–Kier alpha value is -2.34. The zero-order valence-electron chi connectivity index (χ0n) is 11.6. The van der Waals surface area contributed by atoms with E-state index in [0.717, 1.165) is 12.0 Å². The van der Waals surface area contributed by atoms with Gasteiger partial charge in [-0.05, 0) is 24.1 Å². The van der Waals surface area contributed by atoms with Gasteiger partial charge in [0.2, 0.25) is 5.95 Å². The molecule has 1 amide bonds. The van der Waals surface area contributed by atoms with Crippen molar-refractivity contribution in [1.29, 1.82) is 0 Å². The summed E-state index contributed by atoms with van der Waals surface area (Å²) in [7, 11) is 1.61. The van der Waals surface area contributed by atoms with Gasteiger partial charge in [0.15, 0.2) is 0 Å². The van der Waals surface area contributed by atoms with Gasteiger partial charge in [-0.25, -0.2) is 4.98 Å². The molecule has 0 fully saturated rings. The molecule has 21 heavy (non-hydrogen) atoms. The van der Waals surface area contributed by atoms with Crippen molar-refractivity contribution in [3.05, 3.63) is 46.6 Å². The molecule has 0 aliphatic rings. The van der Waals surface area contributed by atoms with Crippen LogP contribution >= 0.6 is 11.6 Å². The zero-order valence-corrected chi connectivity index (χ0v) is 12.3. The summed E-state index contributed by atoms with van der Waals surface area (Å²) in [6, 6.07) is 9.08. The Balaban J connectivity index is 1.95. The van der Waals surface area contributed by atoms with Crippen LogP contribution in [0.3, 0.4) is 0 Å². The first-order chi connectivity index (χ1) is 10.1. The third-order valence-electron chi connectivity index (χ3n) is 2.85.